The van der Waals surface area contributed by atoms with E-state index in [0.717, 1.165) is 18.4 Å². The van der Waals surface area contributed by atoms with Crippen molar-refractivity contribution in [3.05, 3.63) is 65.7 Å². The normalized spacial score (nSPS) is 13.3. The number of hydrogen-bond acceptors (Lipinski definition) is 3. The Kier molecular flexibility index (Phi) is 6.18. The van der Waals surface area contributed by atoms with Crippen LogP contribution in [-0.4, -0.2) is 18.1 Å². The van der Waals surface area contributed by atoms with Gasteiger partial charge in [0.2, 0.25) is 0 Å². The van der Waals surface area contributed by atoms with Gasteiger partial charge in [-0.3, -0.25) is 4.79 Å². The van der Waals surface area contributed by atoms with E-state index in [9.17, 15) is 9.90 Å². The third-order valence-corrected chi connectivity index (χ3v) is 3.77. The molecule has 23 heavy (non-hydrogen) atoms. The summed E-state index contributed by atoms with van der Waals surface area (Å²) in [6.07, 6.45) is 1.14. The highest BCUT2D eigenvalue weighted by Gasteiger charge is 2.23. The van der Waals surface area contributed by atoms with Crippen LogP contribution in [0.1, 0.15) is 43.0 Å². The fourth-order valence-electron chi connectivity index (χ4n) is 2.59. The van der Waals surface area contributed by atoms with Crippen molar-refractivity contribution in [3.8, 4) is 5.75 Å². The van der Waals surface area contributed by atoms with E-state index < -0.39 is 6.10 Å². The minimum absolute atomic E-state index is 0.0385. The van der Waals surface area contributed by atoms with E-state index in [0.29, 0.717) is 5.56 Å². The van der Waals surface area contributed by atoms with Gasteiger partial charge in [-0.05, 0) is 29.7 Å². The van der Waals surface area contributed by atoms with E-state index in [1.54, 1.807) is 24.3 Å². The monoisotopic (exact) mass is 313 g/mol. The number of aromatic hydroxyl groups is 1. The first-order valence-electron chi connectivity index (χ1n) is 7.82. The number of carbonyl (C=O) groups is 1. The zero-order chi connectivity index (χ0) is 16.7. The second-order valence-corrected chi connectivity index (χ2v) is 5.47. The second-order valence-electron chi connectivity index (χ2n) is 5.47. The molecule has 0 unspecified atom stereocenters. The lowest BCUT2D eigenvalue weighted by molar-refractivity contribution is -0.132. The molecule has 4 heteroatoms. The summed E-state index contributed by atoms with van der Waals surface area (Å²) in [5.74, 6) is -0.0161. The molecule has 4 nitrogen and oxygen atoms in total. The van der Waals surface area contributed by atoms with Gasteiger partial charge in [-0.25, -0.2) is 0 Å². The van der Waals surface area contributed by atoms with Gasteiger partial charge >= 0.3 is 0 Å². The lowest BCUT2D eigenvalue weighted by Gasteiger charge is -2.22. The van der Waals surface area contributed by atoms with Gasteiger partial charge in [0, 0.05) is 7.11 Å². The van der Waals surface area contributed by atoms with Crippen LogP contribution in [0.25, 0.3) is 0 Å². The lowest BCUT2D eigenvalue weighted by atomic mass is 10.0. The Balaban J connectivity index is 2.14. The van der Waals surface area contributed by atoms with Crippen molar-refractivity contribution in [2.75, 3.05) is 7.11 Å². The maximum absolute atomic E-state index is 12.6. The first-order valence-corrected chi connectivity index (χ1v) is 7.82. The largest absolute Gasteiger partial charge is 0.508 e. The van der Waals surface area contributed by atoms with E-state index in [4.69, 9.17) is 4.74 Å². The minimum atomic E-state index is -0.696. The van der Waals surface area contributed by atoms with Crippen molar-refractivity contribution in [3.63, 3.8) is 0 Å². The Bertz CT molecular complexity index is 610. The van der Waals surface area contributed by atoms with E-state index in [2.05, 4.69) is 12.2 Å². The molecular weight excluding hydrogens is 290 g/mol. The summed E-state index contributed by atoms with van der Waals surface area (Å²) < 4.78 is 5.36. The minimum Gasteiger partial charge on any atom is -0.508 e. The molecule has 0 spiro atoms. The number of amides is 1. The molecule has 0 aliphatic rings. The van der Waals surface area contributed by atoms with E-state index >= 15 is 0 Å². The van der Waals surface area contributed by atoms with Crippen LogP contribution in [0, 0.1) is 0 Å². The average Bonchev–Trinajstić information content (AvgIpc) is 2.57. The highest BCUT2D eigenvalue weighted by Crippen LogP contribution is 2.23. The van der Waals surface area contributed by atoms with Crippen LogP contribution in [0.2, 0.25) is 0 Å². The molecule has 2 N–H and O–H groups in total. The Morgan fingerprint density at radius 2 is 1.74 bits per heavy atom. The first kappa shape index (κ1) is 17.0. The van der Waals surface area contributed by atoms with Gasteiger partial charge in [-0.1, -0.05) is 55.8 Å². The predicted octanol–water partition coefficient (Wildman–Crippen LogP) is 3.74. The van der Waals surface area contributed by atoms with Crippen LogP contribution in [0.15, 0.2) is 54.6 Å². The summed E-state index contributed by atoms with van der Waals surface area (Å²) in [7, 11) is 1.51. The summed E-state index contributed by atoms with van der Waals surface area (Å²) in [6.45, 7) is 2.09. The number of methoxy groups -OCH3 is 1. The second kappa shape index (κ2) is 8.34. The molecule has 122 valence electrons. The number of phenolic OH excluding ortho intramolecular Hbond substituents is 1. The molecule has 2 atom stereocenters. The van der Waals surface area contributed by atoms with Gasteiger partial charge in [0.05, 0.1) is 6.04 Å². The van der Waals surface area contributed by atoms with E-state index in [1.807, 2.05) is 30.3 Å². The zero-order valence-corrected chi connectivity index (χ0v) is 13.5. The fraction of sp³-hybridized carbons (Fsp3) is 0.316. The number of nitrogens with one attached hydrogen (secondary N) is 1. The van der Waals surface area contributed by atoms with Crippen LogP contribution in [0.5, 0.6) is 5.75 Å². The number of carbonyl (C=O) groups excluding carboxylic acids is 1. The maximum Gasteiger partial charge on any atom is 0.254 e. The Morgan fingerprint density at radius 1 is 1.09 bits per heavy atom. The quantitative estimate of drug-likeness (QED) is 0.818. The molecule has 0 aliphatic heterocycles. The van der Waals surface area contributed by atoms with Gasteiger partial charge in [0.1, 0.15) is 5.75 Å². The van der Waals surface area contributed by atoms with Crippen molar-refractivity contribution in [1.82, 2.24) is 5.32 Å². The van der Waals surface area contributed by atoms with Crippen LogP contribution in [0.4, 0.5) is 0 Å². The molecule has 2 aromatic rings. The Labute approximate surface area is 137 Å². The van der Waals surface area contributed by atoms with Gasteiger partial charge in [-0.15, -0.1) is 0 Å². The van der Waals surface area contributed by atoms with Gasteiger partial charge in [0.25, 0.3) is 5.91 Å². The summed E-state index contributed by atoms with van der Waals surface area (Å²) in [6, 6.07) is 16.4. The highest BCUT2D eigenvalue weighted by molar-refractivity contribution is 5.82. The van der Waals surface area contributed by atoms with Gasteiger partial charge < -0.3 is 15.2 Å². The lowest BCUT2D eigenvalue weighted by Crippen LogP contribution is -2.33. The van der Waals surface area contributed by atoms with Crippen LogP contribution >= 0.6 is 0 Å². The topological polar surface area (TPSA) is 58.6 Å². The van der Waals surface area contributed by atoms with Crippen LogP contribution < -0.4 is 5.32 Å². The zero-order valence-electron chi connectivity index (χ0n) is 13.5. The Hall–Kier alpha value is -2.33. The fourth-order valence-corrected chi connectivity index (χ4v) is 2.59. The summed E-state index contributed by atoms with van der Waals surface area (Å²) >= 11 is 0. The molecule has 0 fully saturated rings. The van der Waals surface area contributed by atoms with Crippen LogP contribution in [0.3, 0.4) is 0 Å². The number of phenols is 1. The summed E-state index contributed by atoms with van der Waals surface area (Å²) in [5, 5.41) is 12.4. The number of rotatable bonds is 7. The van der Waals surface area contributed by atoms with Gasteiger partial charge in [-0.2, -0.15) is 0 Å². The number of hydrogen-bond donors (Lipinski definition) is 2. The van der Waals surface area contributed by atoms with E-state index in [1.165, 1.54) is 7.11 Å². The van der Waals surface area contributed by atoms with E-state index in [-0.39, 0.29) is 17.7 Å². The smallest absolute Gasteiger partial charge is 0.254 e. The van der Waals surface area contributed by atoms with Crippen LogP contribution in [-0.2, 0) is 9.53 Å². The third-order valence-electron chi connectivity index (χ3n) is 3.77. The maximum atomic E-state index is 12.6. The van der Waals surface area contributed by atoms with Crippen molar-refractivity contribution in [1.29, 1.82) is 0 Å². The molecule has 2 aromatic carbocycles. The standard InChI is InChI=1S/C19H23NO3/c1-3-7-17(14-8-5-4-6-9-14)20-19(22)18(23-2)15-10-12-16(21)13-11-15/h4-6,8-13,17-18,21H,3,7H2,1-2H3,(H,20,22)/t17-,18+/m0/s1. The van der Waals surface area contributed by atoms with Gasteiger partial charge in [0.15, 0.2) is 6.10 Å². The molecule has 0 radical (unpaired) electrons. The highest BCUT2D eigenvalue weighted by atomic mass is 16.5. The molecule has 2 rings (SSSR count). The third kappa shape index (κ3) is 4.57. The Morgan fingerprint density at radius 3 is 2.30 bits per heavy atom. The molecule has 0 bridgehead atoms. The predicted molar refractivity (Wildman–Crippen MR) is 90.1 cm³/mol. The molecular formula is C19H23NO3. The summed E-state index contributed by atoms with van der Waals surface area (Å²) in [4.78, 5) is 12.6. The first-order chi connectivity index (χ1) is 11.2. The van der Waals surface area contributed by atoms with Crippen molar-refractivity contribution < 1.29 is 14.6 Å². The molecule has 0 heterocycles. The molecule has 1 amide bonds. The van der Waals surface area contributed by atoms with Crippen molar-refractivity contribution >= 4 is 5.91 Å². The molecule has 0 saturated carbocycles. The molecule has 0 aliphatic carbocycles. The average molecular weight is 313 g/mol. The van der Waals surface area contributed by atoms with Crippen molar-refractivity contribution in [2.45, 2.75) is 31.9 Å². The molecule has 0 aromatic heterocycles. The molecule has 0 saturated heterocycles. The SMILES string of the molecule is CCC[C@H](NC(=O)[C@H](OC)c1ccc(O)cc1)c1ccccc1. The number of ether oxygens (including phenoxy) is 1. The summed E-state index contributed by atoms with van der Waals surface area (Å²) in [5.41, 5.74) is 1.80. The number of benzene rings is 2. The van der Waals surface area contributed by atoms with Crippen molar-refractivity contribution in [2.24, 2.45) is 0 Å².